The van der Waals surface area contributed by atoms with Gasteiger partial charge in [0.15, 0.2) is 0 Å². The van der Waals surface area contributed by atoms with E-state index in [1.807, 2.05) is 42.5 Å². The van der Waals surface area contributed by atoms with Crippen molar-refractivity contribution in [1.29, 1.82) is 0 Å². The van der Waals surface area contributed by atoms with Gasteiger partial charge in [-0.2, -0.15) is 0 Å². The SMILES string of the molecule is O=C1Nc2cc(C(O)N3CCN(C4=CCC(Cl)C=C4)CC3)ccc2Nc2ccccc21. The highest BCUT2D eigenvalue weighted by molar-refractivity contribution is 6.22. The summed E-state index contributed by atoms with van der Waals surface area (Å²) >= 11 is 6.13. The number of allylic oxidation sites excluding steroid dienone is 3. The molecule has 2 unspecified atom stereocenters. The molecular formula is C24H25ClN4O2. The summed E-state index contributed by atoms with van der Waals surface area (Å²) in [5.74, 6) is -0.157. The van der Waals surface area contributed by atoms with Crippen molar-refractivity contribution >= 4 is 34.6 Å². The molecule has 0 bridgehead atoms. The molecule has 0 spiro atoms. The second kappa shape index (κ2) is 8.38. The molecule has 0 saturated carbocycles. The van der Waals surface area contributed by atoms with Crippen LogP contribution >= 0.6 is 11.6 Å². The summed E-state index contributed by atoms with van der Waals surface area (Å²) in [7, 11) is 0. The van der Waals surface area contributed by atoms with Gasteiger partial charge in [0.1, 0.15) is 6.23 Å². The van der Waals surface area contributed by atoms with Gasteiger partial charge in [0.2, 0.25) is 0 Å². The van der Waals surface area contributed by atoms with Crippen LogP contribution in [0.3, 0.4) is 0 Å². The fraction of sp³-hybridized carbons (Fsp3) is 0.292. The Labute approximate surface area is 186 Å². The topological polar surface area (TPSA) is 67.8 Å². The van der Waals surface area contributed by atoms with Crippen molar-refractivity contribution in [2.75, 3.05) is 36.8 Å². The number of rotatable bonds is 3. The largest absolute Gasteiger partial charge is 0.374 e. The molecule has 2 aliphatic heterocycles. The summed E-state index contributed by atoms with van der Waals surface area (Å²) in [5, 5.41) is 17.4. The molecule has 3 aliphatic rings. The smallest absolute Gasteiger partial charge is 0.257 e. The Hall–Kier alpha value is -2.80. The van der Waals surface area contributed by atoms with E-state index in [2.05, 4.69) is 32.6 Å². The average Bonchev–Trinajstić information content (AvgIpc) is 2.94. The number of para-hydroxylation sites is 1. The zero-order valence-electron chi connectivity index (χ0n) is 17.1. The highest BCUT2D eigenvalue weighted by Crippen LogP contribution is 2.34. The lowest BCUT2D eigenvalue weighted by Gasteiger charge is -2.39. The second-order valence-electron chi connectivity index (χ2n) is 8.07. The molecule has 1 fully saturated rings. The number of piperazine rings is 1. The molecule has 0 radical (unpaired) electrons. The number of hydrogen-bond donors (Lipinski definition) is 3. The molecule has 3 N–H and O–H groups in total. The zero-order chi connectivity index (χ0) is 21.4. The van der Waals surface area contributed by atoms with E-state index in [0.717, 1.165) is 49.5 Å². The summed E-state index contributed by atoms with van der Waals surface area (Å²) in [6, 6.07) is 13.1. The first-order valence-corrected chi connectivity index (χ1v) is 11.0. The normalized spacial score (nSPS) is 21.9. The monoisotopic (exact) mass is 436 g/mol. The number of nitrogens with zero attached hydrogens (tertiary/aromatic N) is 2. The lowest BCUT2D eigenvalue weighted by molar-refractivity contribution is -0.0215. The van der Waals surface area contributed by atoms with Crippen molar-refractivity contribution in [2.24, 2.45) is 0 Å². The molecule has 1 saturated heterocycles. The van der Waals surface area contributed by atoms with Crippen LogP contribution in [0.4, 0.5) is 17.1 Å². The van der Waals surface area contributed by atoms with Crippen molar-refractivity contribution in [3.63, 3.8) is 0 Å². The number of alkyl halides is 1. The third-order valence-corrected chi connectivity index (χ3v) is 6.41. The molecule has 31 heavy (non-hydrogen) atoms. The van der Waals surface area contributed by atoms with Gasteiger partial charge in [-0.1, -0.05) is 30.4 Å². The van der Waals surface area contributed by atoms with Crippen molar-refractivity contribution in [1.82, 2.24) is 9.80 Å². The molecule has 2 atom stereocenters. The Balaban J connectivity index is 1.28. The van der Waals surface area contributed by atoms with Gasteiger partial charge in [-0.15, -0.1) is 11.6 Å². The fourth-order valence-electron chi connectivity index (χ4n) is 4.31. The van der Waals surface area contributed by atoms with E-state index in [1.165, 1.54) is 5.70 Å². The highest BCUT2D eigenvalue weighted by atomic mass is 35.5. The molecule has 2 heterocycles. The Morgan fingerprint density at radius 2 is 1.81 bits per heavy atom. The van der Waals surface area contributed by atoms with Crippen molar-refractivity contribution < 1.29 is 9.90 Å². The van der Waals surface area contributed by atoms with Crippen LogP contribution in [-0.2, 0) is 0 Å². The van der Waals surface area contributed by atoms with Crippen molar-refractivity contribution in [3.05, 3.63) is 77.5 Å². The van der Waals surface area contributed by atoms with Crippen LogP contribution in [0.15, 0.2) is 66.4 Å². The summed E-state index contributed by atoms with van der Waals surface area (Å²) in [6.07, 6.45) is 6.44. The number of aliphatic hydroxyl groups is 1. The predicted octanol–water partition coefficient (Wildman–Crippen LogP) is 4.06. The van der Waals surface area contributed by atoms with Gasteiger partial charge in [-0.25, -0.2) is 0 Å². The standard InChI is InChI=1S/C24H25ClN4O2/c25-17-6-8-18(9-7-17)28-11-13-29(14-12-28)24(31)16-5-10-21-22(15-16)27-23(30)19-3-1-2-4-20(19)26-21/h1-6,8-10,15,17,24,26,31H,7,11-14H2,(H,27,30). The van der Waals surface area contributed by atoms with E-state index < -0.39 is 6.23 Å². The summed E-state index contributed by atoms with van der Waals surface area (Å²) < 4.78 is 0. The minimum Gasteiger partial charge on any atom is -0.374 e. The number of nitrogens with one attached hydrogen (secondary N) is 2. The number of halogens is 1. The first kappa shape index (κ1) is 20.1. The van der Waals surface area contributed by atoms with E-state index >= 15 is 0 Å². The molecule has 1 aliphatic carbocycles. The van der Waals surface area contributed by atoms with Gasteiger partial charge in [0.25, 0.3) is 5.91 Å². The van der Waals surface area contributed by atoms with E-state index in [-0.39, 0.29) is 11.3 Å². The molecule has 2 aromatic rings. The molecule has 7 heteroatoms. The van der Waals surface area contributed by atoms with Gasteiger partial charge in [-0.05, 0) is 42.3 Å². The van der Waals surface area contributed by atoms with Gasteiger partial charge < -0.3 is 20.6 Å². The maximum Gasteiger partial charge on any atom is 0.257 e. The summed E-state index contributed by atoms with van der Waals surface area (Å²) in [5.41, 5.74) is 4.84. The summed E-state index contributed by atoms with van der Waals surface area (Å²) in [4.78, 5) is 17.0. The van der Waals surface area contributed by atoms with Crippen molar-refractivity contribution in [3.8, 4) is 0 Å². The first-order valence-electron chi connectivity index (χ1n) is 10.6. The highest BCUT2D eigenvalue weighted by Gasteiger charge is 2.26. The number of hydrogen-bond acceptors (Lipinski definition) is 5. The van der Waals surface area contributed by atoms with Gasteiger partial charge in [0, 0.05) is 31.9 Å². The Morgan fingerprint density at radius 3 is 2.58 bits per heavy atom. The maximum atomic E-state index is 12.6. The van der Waals surface area contributed by atoms with Crippen molar-refractivity contribution in [2.45, 2.75) is 18.0 Å². The van der Waals surface area contributed by atoms with Crippen LogP contribution in [0.25, 0.3) is 0 Å². The minimum absolute atomic E-state index is 0.0860. The lowest BCUT2D eigenvalue weighted by atomic mass is 10.1. The zero-order valence-corrected chi connectivity index (χ0v) is 17.8. The van der Waals surface area contributed by atoms with Gasteiger partial charge >= 0.3 is 0 Å². The number of aliphatic hydroxyl groups excluding tert-OH is 1. The van der Waals surface area contributed by atoms with E-state index in [9.17, 15) is 9.90 Å². The molecule has 5 rings (SSSR count). The number of carbonyl (C=O) groups excluding carboxylic acids is 1. The Bertz CT molecular complexity index is 1060. The van der Waals surface area contributed by atoms with Crippen LogP contribution in [0.5, 0.6) is 0 Å². The van der Waals surface area contributed by atoms with E-state index in [1.54, 1.807) is 6.07 Å². The fourth-order valence-corrected chi connectivity index (χ4v) is 4.47. The van der Waals surface area contributed by atoms with Crippen LogP contribution in [-0.4, -0.2) is 52.4 Å². The number of amides is 1. The lowest BCUT2D eigenvalue weighted by Crippen LogP contribution is -2.47. The maximum absolute atomic E-state index is 12.6. The van der Waals surface area contributed by atoms with Crippen LogP contribution in [0.1, 0.15) is 28.6 Å². The van der Waals surface area contributed by atoms with Gasteiger partial charge in [0.05, 0.1) is 28.0 Å². The Morgan fingerprint density at radius 1 is 1.00 bits per heavy atom. The predicted molar refractivity (Wildman–Crippen MR) is 124 cm³/mol. The quantitative estimate of drug-likeness (QED) is 0.633. The third kappa shape index (κ3) is 4.06. The van der Waals surface area contributed by atoms with Crippen LogP contribution < -0.4 is 10.6 Å². The number of carbonyl (C=O) groups is 1. The Kier molecular flexibility index (Phi) is 5.44. The molecule has 0 aromatic heterocycles. The first-order chi connectivity index (χ1) is 15.1. The molecule has 1 amide bonds. The third-order valence-electron chi connectivity index (χ3n) is 6.08. The van der Waals surface area contributed by atoms with E-state index in [4.69, 9.17) is 11.6 Å². The van der Waals surface area contributed by atoms with E-state index in [0.29, 0.717) is 11.3 Å². The van der Waals surface area contributed by atoms with Gasteiger partial charge in [-0.3, -0.25) is 9.69 Å². The molecular weight excluding hydrogens is 412 g/mol. The minimum atomic E-state index is -0.724. The molecule has 6 nitrogen and oxygen atoms in total. The second-order valence-corrected chi connectivity index (χ2v) is 8.63. The average molecular weight is 437 g/mol. The molecule has 2 aromatic carbocycles. The van der Waals surface area contributed by atoms with Crippen LogP contribution in [0, 0.1) is 0 Å². The van der Waals surface area contributed by atoms with Crippen LogP contribution in [0.2, 0.25) is 0 Å². The molecule has 160 valence electrons. The number of fused-ring (bicyclic) bond motifs is 2. The number of anilines is 3. The summed E-state index contributed by atoms with van der Waals surface area (Å²) in [6.45, 7) is 3.20. The number of benzene rings is 2.